The fourth-order valence-electron chi connectivity index (χ4n) is 2.63. The molecule has 126 valence electrons. The van der Waals surface area contributed by atoms with E-state index in [0.717, 1.165) is 0 Å². The second-order valence-electron chi connectivity index (χ2n) is 6.18. The second kappa shape index (κ2) is 6.17. The molecule has 0 amide bonds. The molecule has 1 aromatic carbocycles. The van der Waals surface area contributed by atoms with Gasteiger partial charge in [0.1, 0.15) is 23.1 Å². The highest BCUT2D eigenvalue weighted by atomic mass is 16.5. The average Bonchev–Trinajstić information content (AvgIpc) is 2.59. The Balaban J connectivity index is 1.92. The van der Waals surface area contributed by atoms with Crippen LogP contribution in [0.2, 0.25) is 0 Å². The molecule has 2 aromatic rings. The average molecular weight is 327 g/mol. The van der Waals surface area contributed by atoms with Crippen LogP contribution in [0, 0.1) is 0 Å². The van der Waals surface area contributed by atoms with Crippen molar-refractivity contribution in [1.82, 2.24) is 4.98 Å². The van der Waals surface area contributed by atoms with Crippen LogP contribution in [-0.2, 0) is 0 Å². The molecule has 0 saturated heterocycles. The molecular formula is C19H21NO4. The lowest BCUT2D eigenvalue weighted by atomic mass is 10.0. The van der Waals surface area contributed by atoms with Gasteiger partial charge in [-0.3, -0.25) is 0 Å². The van der Waals surface area contributed by atoms with Crippen molar-refractivity contribution in [3.05, 3.63) is 53.4 Å². The van der Waals surface area contributed by atoms with Crippen molar-refractivity contribution < 1.29 is 19.3 Å². The first-order valence-electron chi connectivity index (χ1n) is 7.73. The van der Waals surface area contributed by atoms with Crippen LogP contribution >= 0.6 is 0 Å². The summed E-state index contributed by atoms with van der Waals surface area (Å²) in [5.74, 6) is 1.90. The van der Waals surface area contributed by atoms with Crippen LogP contribution in [0.4, 0.5) is 0 Å². The Morgan fingerprint density at radius 2 is 1.83 bits per heavy atom. The van der Waals surface area contributed by atoms with Crippen molar-refractivity contribution in [2.75, 3.05) is 14.2 Å². The number of hydrogen-bond acceptors (Lipinski definition) is 5. The van der Waals surface area contributed by atoms with E-state index in [1.807, 2.05) is 32.1 Å². The molecule has 24 heavy (non-hydrogen) atoms. The van der Waals surface area contributed by atoms with Gasteiger partial charge in [-0.2, -0.15) is 0 Å². The molecule has 0 fully saturated rings. The third-order valence-corrected chi connectivity index (χ3v) is 3.93. The highest BCUT2D eigenvalue weighted by Crippen LogP contribution is 2.34. The number of aliphatic hydroxyl groups is 1. The summed E-state index contributed by atoms with van der Waals surface area (Å²) in [5.41, 5.74) is 1.60. The van der Waals surface area contributed by atoms with Gasteiger partial charge >= 0.3 is 0 Å². The van der Waals surface area contributed by atoms with Crippen LogP contribution in [0.3, 0.4) is 0 Å². The van der Waals surface area contributed by atoms with Crippen LogP contribution < -0.4 is 14.2 Å². The molecule has 2 heterocycles. The third-order valence-electron chi connectivity index (χ3n) is 3.93. The van der Waals surface area contributed by atoms with Crippen molar-refractivity contribution >= 4 is 6.08 Å². The quantitative estimate of drug-likeness (QED) is 0.933. The topological polar surface area (TPSA) is 60.8 Å². The van der Waals surface area contributed by atoms with Gasteiger partial charge in [0.25, 0.3) is 0 Å². The van der Waals surface area contributed by atoms with E-state index in [-0.39, 0.29) is 5.60 Å². The van der Waals surface area contributed by atoms with Gasteiger partial charge in [0, 0.05) is 0 Å². The lowest BCUT2D eigenvalue weighted by Gasteiger charge is -2.27. The number of nitrogens with zero attached hydrogens (tertiary/aromatic N) is 1. The molecule has 1 aliphatic heterocycles. The Morgan fingerprint density at radius 3 is 2.54 bits per heavy atom. The van der Waals surface area contributed by atoms with Crippen LogP contribution in [0.25, 0.3) is 6.08 Å². The molecular weight excluding hydrogens is 306 g/mol. The van der Waals surface area contributed by atoms with Crippen molar-refractivity contribution in [1.29, 1.82) is 0 Å². The Hall–Kier alpha value is -2.53. The zero-order valence-corrected chi connectivity index (χ0v) is 14.2. The van der Waals surface area contributed by atoms with Gasteiger partial charge in [0.2, 0.25) is 0 Å². The predicted octanol–water partition coefficient (Wildman–Crippen LogP) is 3.36. The Bertz CT molecular complexity index is 783. The van der Waals surface area contributed by atoms with Gasteiger partial charge < -0.3 is 19.3 Å². The van der Waals surface area contributed by atoms with E-state index in [1.54, 1.807) is 38.5 Å². The van der Waals surface area contributed by atoms with Gasteiger partial charge in [-0.15, -0.1) is 0 Å². The van der Waals surface area contributed by atoms with E-state index >= 15 is 0 Å². The van der Waals surface area contributed by atoms with E-state index < -0.39 is 6.10 Å². The first kappa shape index (κ1) is 16.3. The minimum Gasteiger partial charge on any atom is -0.493 e. The van der Waals surface area contributed by atoms with E-state index in [2.05, 4.69) is 4.98 Å². The molecule has 5 heteroatoms. The minimum atomic E-state index is -0.863. The summed E-state index contributed by atoms with van der Waals surface area (Å²) in [6.45, 7) is 3.97. The van der Waals surface area contributed by atoms with E-state index in [4.69, 9.17) is 14.2 Å². The minimum absolute atomic E-state index is 0.349. The largest absolute Gasteiger partial charge is 0.493 e. The smallest absolute Gasteiger partial charge is 0.161 e. The number of hydrogen-bond donors (Lipinski definition) is 1. The maximum atomic E-state index is 10.7. The molecule has 1 N–H and O–H groups in total. The molecule has 0 spiro atoms. The summed E-state index contributed by atoms with van der Waals surface area (Å²) in [7, 11) is 3.14. The molecule has 1 atom stereocenters. The SMILES string of the molecule is COc1ccc(C(O)c2ccc3c(n2)C=CC(C)(C)O3)cc1OC. The summed E-state index contributed by atoms with van der Waals surface area (Å²) in [4.78, 5) is 4.52. The molecule has 0 saturated carbocycles. The van der Waals surface area contributed by atoms with Crippen molar-refractivity contribution in [3.63, 3.8) is 0 Å². The van der Waals surface area contributed by atoms with E-state index in [9.17, 15) is 5.11 Å². The number of pyridine rings is 1. The lowest BCUT2D eigenvalue weighted by molar-refractivity contribution is 0.157. The monoisotopic (exact) mass is 327 g/mol. The number of ether oxygens (including phenoxy) is 3. The Kier molecular flexibility index (Phi) is 4.20. The molecule has 5 nitrogen and oxygen atoms in total. The van der Waals surface area contributed by atoms with Gasteiger partial charge in [0.15, 0.2) is 11.5 Å². The highest BCUT2D eigenvalue weighted by molar-refractivity contribution is 5.57. The highest BCUT2D eigenvalue weighted by Gasteiger charge is 2.24. The predicted molar refractivity (Wildman–Crippen MR) is 91.6 cm³/mol. The molecule has 3 rings (SSSR count). The molecule has 1 aliphatic rings. The van der Waals surface area contributed by atoms with Crippen LogP contribution in [-0.4, -0.2) is 29.9 Å². The van der Waals surface area contributed by atoms with Crippen molar-refractivity contribution in [3.8, 4) is 17.2 Å². The van der Waals surface area contributed by atoms with Crippen LogP contribution in [0.5, 0.6) is 17.2 Å². The fraction of sp³-hybridized carbons (Fsp3) is 0.316. The summed E-state index contributed by atoms with van der Waals surface area (Å²) in [6, 6.07) is 8.92. The van der Waals surface area contributed by atoms with Crippen molar-refractivity contribution in [2.45, 2.75) is 25.6 Å². The van der Waals surface area contributed by atoms with Gasteiger partial charge in [-0.1, -0.05) is 6.07 Å². The zero-order valence-electron chi connectivity index (χ0n) is 14.2. The maximum Gasteiger partial charge on any atom is 0.161 e. The normalized spacial score (nSPS) is 16.0. The number of aromatic nitrogens is 1. The Labute approximate surface area is 141 Å². The van der Waals surface area contributed by atoms with Gasteiger partial charge in [-0.05, 0) is 55.8 Å². The van der Waals surface area contributed by atoms with Gasteiger partial charge in [-0.25, -0.2) is 4.98 Å². The second-order valence-corrected chi connectivity index (χ2v) is 6.18. The number of fused-ring (bicyclic) bond motifs is 1. The summed E-state index contributed by atoms with van der Waals surface area (Å²) in [5, 5.41) is 10.7. The standard InChI is InChI=1S/C19H21NO4/c1-19(2)10-9-13-15(24-19)8-6-14(20-13)18(21)12-5-7-16(22-3)17(11-12)23-4/h5-11,18,21H,1-4H3. The fourth-order valence-corrected chi connectivity index (χ4v) is 2.63. The number of methoxy groups -OCH3 is 2. The number of aliphatic hydroxyl groups excluding tert-OH is 1. The maximum absolute atomic E-state index is 10.7. The van der Waals surface area contributed by atoms with Crippen LogP contribution in [0.15, 0.2) is 36.4 Å². The first-order chi connectivity index (χ1) is 11.4. The summed E-state index contributed by atoms with van der Waals surface area (Å²) >= 11 is 0. The summed E-state index contributed by atoms with van der Waals surface area (Å²) < 4.78 is 16.4. The lowest BCUT2D eigenvalue weighted by Crippen LogP contribution is -2.27. The van der Waals surface area contributed by atoms with Crippen molar-refractivity contribution in [2.24, 2.45) is 0 Å². The first-order valence-corrected chi connectivity index (χ1v) is 7.73. The van der Waals surface area contributed by atoms with E-state index in [0.29, 0.717) is 34.2 Å². The third kappa shape index (κ3) is 3.08. The molecule has 1 unspecified atom stereocenters. The molecule has 0 aliphatic carbocycles. The molecule has 0 bridgehead atoms. The molecule has 0 radical (unpaired) electrons. The molecule has 1 aromatic heterocycles. The number of rotatable bonds is 4. The summed E-state index contributed by atoms with van der Waals surface area (Å²) in [6.07, 6.45) is 3.01. The van der Waals surface area contributed by atoms with Crippen LogP contribution in [0.1, 0.15) is 36.9 Å². The Morgan fingerprint density at radius 1 is 1.08 bits per heavy atom. The van der Waals surface area contributed by atoms with Gasteiger partial charge in [0.05, 0.1) is 19.9 Å². The number of benzene rings is 1. The zero-order chi connectivity index (χ0) is 17.3. The van der Waals surface area contributed by atoms with E-state index in [1.165, 1.54) is 0 Å².